The smallest absolute Gasteiger partial charge is 0.282 e. The molecule has 108 valence electrons. The van der Waals surface area contributed by atoms with Gasteiger partial charge in [0.25, 0.3) is 10.2 Å². The van der Waals surface area contributed by atoms with Gasteiger partial charge in [-0.15, -0.1) is 0 Å². The van der Waals surface area contributed by atoms with E-state index in [1.54, 1.807) is 8.61 Å². The molecule has 0 amide bonds. The lowest BCUT2D eigenvalue weighted by atomic mass is 10.1. The minimum atomic E-state index is -3.34. The van der Waals surface area contributed by atoms with Gasteiger partial charge < -0.3 is 5.73 Å². The zero-order valence-electron chi connectivity index (χ0n) is 11.8. The van der Waals surface area contributed by atoms with Crippen LogP contribution in [0, 0.1) is 5.92 Å². The van der Waals surface area contributed by atoms with E-state index in [4.69, 9.17) is 5.73 Å². The molecule has 0 saturated carbocycles. The summed E-state index contributed by atoms with van der Waals surface area (Å²) in [7, 11) is -3.34. The molecule has 1 aliphatic rings. The fraction of sp³-hybridized carbons (Fsp3) is 1.00. The van der Waals surface area contributed by atoms with Crippen LogP contribution in [0.3, 0.4) is 0 Å². The van der Waals surface area contributed by atoms with Crippen molar-refractivity contribution in [2.75, 3.05) is 26.2 Å². The summed E-state index contributed by atoms with van der Waals surface area (Å²) in [6.07, 6.45) is 2.90. The summed E-state index contributed by atoms with van der Waals surface area (Å²) in [6, 6.07) is -0.0232. The molecule has 2 N–H and O–H groups in total. The van der Waals surface area contributed by atoms with Crippen molar-refractivity contribution < 1.29 is 8.42 Å². The summed E-state index contributed by atoms with van der Waals surface area (Å²) in [5.41, 5.74) is 5.71. The molecule has 6 heteroatoms. The molecule has 0 bridgehead atoms. The lowest BCUT2D eigenvalue weighted by Crippen LogP contribution is -2.53. The first-order valence-corrected chi connectivity index (χ1v) is 8.30. The summed E-state index contributed by atoms with van der Waals surface area (Å²) >= 11 is 0. The Hall–Kier alpha value is -0.170. The average molecular weight is 277 g/mol. The molecule has 0 spiro atoms. The standard InChI is InChI=1S/C12H27N3O2S/c1-4-14(10-11(2)3)18(16,17)15-8-6-5-7-12(15)9-13/h11-12H,4-10,13H2,1-3H3. The zero-order chi connectivity index (χ0) is 13.8. The van der Waals surface area contributed by atoms with Crippen molar-refractivity contribution in [3.05, 3.63) is 0 Å². The Morgan fingerprint density at radius 2 is 2.06 bits per heavy atom. The molecule has 1 heterocycles. The molecule has 1 aliphatic heterocycles. The Morgan fingerprint density at radius 3 is 2.56 bits per heavy atom. The number of hydrogen-bond donors (Lipinski definition) is 1. The third-order valence-electron chi connectivity index (χ3n) is 3.39. The van der Waals surface area contributed by atoms with Gasteiger partial charge >= 0.3 is 0 Å². The van der Waals surface area contributed by atoms with Crippen molar-refractivity contribution in [2.24, 2.45) is 11.7 Å². The molecule has 1 unspecified atom stereocenters. The first kappa shape index (κ1) is 15.9. The van der Waals surface area contributed by atoms with Gasteiger partial charge in [0.2, 0.25) is 0 Å². The van der Waals surface area contributed by atoms with E-state index in [0.29, 0.717) is 32.1 Å². The molecule has 0 aromatic carbocycles. The van der Waals surface area contributed by atoms with Crippen LogP contribution in [0.1, 0.15) is 40.0 Å². The van der Waals surface area contributed by atoms with E-state index in [1.807, 2.05) is 20.8 Å². The van der Waals surface area contributed by atoms with E-state index in [0.717, 1.165) is 19.3 Å². The lowest BCUT2D eigenvalue weighted by molar-refractivity contribution is 0.232. The highest BCUT2D eigenvalue weighted by molar-refractivity contribution is 7.86. The zero-order valence-corrected chi connectivity index (χ0v) is 12.6. The van der Waals surface area contributed by atoms with Gasteiger partial charge in [0.1, 0.15) is 0 Å². The summed E-state index contributed by atoms with van der Waals surface area (Å²) in [6.45, 7) is 8.09. The Morgan fingerprint density at radius 1 is 1.39 bits per heavy atom. The highest BCUT2D eigenvalue weighted by atomic mass is 32.2. The van der Waals surface area contributed by atoms with Gasteiger partial charge in [-0.05, 0) is 18.8 Å². The van der Waals surface area contributed by atoms with Crippen LogP contribution in [-0.4, -0.2) is 49.2 Å². The van der Waals surface area contributed by atoms with Crippen LogP contribution in [0.25, 0.3) is 0 Å². The van der Waals surface area contributed by atoms with Crippen molar-refractivity contribution >= 4 is 10.2 Å². The summed E-state index contributed by atoms with van der Waals surface area (Å²) in [5, 5.41) is 0. The molecule has 0 aromatic heterocycles. The Bertz CT molecular complexity index is 343. The minimum absolute atomic E-state index is 0.0232. The van der Waals surface area contributed by atoms with Crippen LogP contribution in [0.4, 0.5) is 0 Å². The van der Waals surface area contributed by atoms with Crippen molar-refractivity contribution in [3.63, 3.8) is 0 Å². The van der Waals surface area contributed by atoms with E-state index >= 15 is 0 Å². The summed E-state index contributed by atoms with van der Waals surface area (Å²) < 4.78 is 28.4. The minimum Gasteiger partial charge on any atom is -0.329 e. The van der Waals surface area contributed by atoms with Crippen molar-refractivity contribution in [3.8, 4) is 0 Å². The molecular weight excluding hydrogens is 250 g/mol. The molecule has 5 nitrogen and oxygen atoms in total. The van der Waals surface area contributed by atoms with Crippen LogP contribution in [-0.2, 0) is 10.2 Å². The number of nitrogens with two attached hydrogens (primary N) is 1. The van der Waals surface area contributed by atoms with Crippen molar-refractivity contribution in [1.82, 2.24) is 8.61 Å². The van der Waals surface area contributed by atoms with Gasteiger partial charge in [-0.25, -0.2) is 0 Å². The van der Waals surface area contributed by atoms with Crippen LogP contribution >= 0.6 is 0 Å². The van der Waals surface area contributed by atoms with Crippen LogP contribution in [0.5, 0.6) is 0 Å². The highest BCUT2D eigenvalue weighted by Crippen LogP contribution is 2.22. The maximum absolute atomic E-state index is 12.6. The Labute approximate surface area is 112 Å². The number of rotatable bonds is 6. The molecule has 1 saturated heterocycles. The summed E-state index contributed by atoms with van der Waals surface area (Å²) in [4.78, 5) is 0. The third-order valence-corrected chi connectivity index (χ3v) is 5.52. The number of nitrogens with zero attached hydrogens (tertiary/aromatic N) is 2. The molecule has 0 radical (unpaired) electrons. The normalized spacial score (nSPS) is 22.9. The van der Waals surface area contributed by atoms with E-state index in [2.05, 4.69) is 0 Å². The van der Waals surface area contributed by atoms with Crippen LogP contribution < -0.4 is 5.73 Å². The predicted octanol–water partition coefficient (Wildman–Crippen LogP) is 1.02. The second-order valence-corrected chi connectivity index (χ2v) is 7.23. The molecule has 18 heavy (non-hydrogen) atoms. The van der Waals surface area contributed by atoms with E-state index in [1.165, 1.54) is 0 Å². The first-order chi connectivity index (χ1) is 8.43. The van der Waals surface area contributed by atoms with Crippen LogP contribution in [0.2, 0.25) is 0 Å². The van der Waals surface area contributed by atoms with Crippen molar-refractivity contribution in [1.29, 1.82) is 0 Å². The molecule has 1 atom stereocenters. The molecule has 1 rings (SSSR count). The molecule has 1 fully saturated rings. The van der Waals surface area contributed by atoms with Gasteiger partial charge in [-0.3, -0.25) is 0 Å². The predicted molar refractivity (Wildman–Crippen MR) is 74.4 cm³/mol. The largest absolute Gasteiger partial charge is 0.329 e. The van der Waals surface area contributed by atoms with Gasteiger partial charge in [-0.1, -0.05) is 27.2 Å². The maximum atomic E-state index is 12.6. The van der Waals surface area contributed by atoms with Crippen molar-refractivity contribution in [2.45, 2.75) is 46.1 Å². The average Bonchev–Trinajstić information content (AvgIpc) is 2.35. The number of hydrogen-bond acceptors (Lipinski definition) is 3. The second-order valence-electron chi connectivity index (χ2n) is 5.35. The molecular formula is C12H27N3O2S. The highest BCUT2D eigenvalue weighted by Gasteiger charge is 2.35. The van der Waals surface area contributed by atoms with E-state index in [9.17, 15) is 8.42 Å². The van der Waals surface area contributed by atoms with E-state index < -0.39 is 10.2 Å². The lowest BCUT2D eigenvalue weighted by Gasteiger charge is -2.37. The summed E-state index contributed by atoms with van der Waals surface area (Å²) in [5.74, 6) is 0.334. The maximum Gasteiger partial charge on any atom is 0.282 e. The number of piperidine rings is 1. The molecule has 0 aromatic rings. The first-order valence-electron chi connectivity index (χ1n) is 6.90. The van der Waals surface area contributed by atoms with Crippen LogP contribution in [0.15, 0.2) is 0 Å². The van der Waals surface area contributed by atoms with Gasteiger partial charge in [0.05, 0.1) is 0 Å². The fourth-order valence-electron chi connectivity index (χ4n) is 2.46. The monoisotopic (exact) mass is 277 g/mol. The second kappa shape index (κ2) is 6.84. The van der Waals surface area contributed by atoms with Gasteiger partial charge in [-0.2, -0.15) is 17.0 Å². The fourth-order valence-corrected chi connectivity index (χ4v) is 4.49. The topological polar surface area (TPSA) is 66.6 Å². The quantitative estimate of drug-likeness (QED) is 0.788. The Kier molecular flexibility index (Phi) is 6.04. The molecule has 0 aliphatic carbocycles. The van der Waals surface area contributed by atoms with Gasteiger partial charge in [0.15, 0.2) is 0 Å². The van der Waals surface area contributed by atoms with E-state index in [-0.39, 0.29) is 6.04 Å². The third kappa shape index (κ3) is 3.66. The van der Waals surface area contributed by atoms with Gasteiger partial charge in [0, 0.05) is 32.2 Å². The SMILES string of the molecule is CCN(CC(C)C)S(=O)(=O)N1CCCCC1CN. The Balaban J connectivity index is 2.87.